The van der Waals surface area contributed by atoms with Crippen molar-refractivity contribution in [2.24, 2.45) is 0 Å². The van der Waals surface area contributed by atoms with Gasteiger partial charge in [0.25, 0.3) is 11.8 Å². The van der Waals surface area contributed by atoms with Gasteiger partial charge in [0.1, 0.15) is 23.7 Å². The number of carbonyl (C=O) groups excluding carboxylic acids is 4. The Balaban J connectivity index is 1.65. The first-order valence-corrected chi connectivity index (χ1v) is 11.3. The predicted octanol–water partition coefficient (Wildman–Crippen LogP) is 4.38. The molecule has 3 aromatic rings. The topological polar surface area (TPSA) is 111 Å². The van der Waals surface area contributed by atoms with Gasteiger partial charge in [0.15, 0.2) is 0 Å². The number of nitrogens with zero attached hydrogens (tertiary/aromatic N) is 1. The minimum absolute atomic E-state index is 0.169. The van der Waals surface area contributed by atoms with Crippen molar-refractivity contribution in [3.8, 4) is 11.5 Å². The minimum atomic E-state index is -0.910. The van der Waals surface area contributed by atoms with E-state index in [1.807, 2.05) is 12.1 Å². The van der Waals surface area contributed by atoms with Crippen LogP contribution in [0, 0.1) is 0 Å². The van der Waals surface area contributed by atoms with Gasteiger partial charge in [-0.2, -0.15) is 0 Å². The SMILES string of the molecule is COC(=O)c1ccc(N2C(=O)NC(=O)/C(=C\c3ccc(OC)cc3OCc3ccc(Cl)cc3)C2=O)cc1. The second kappa shape index (κ2) is 11.0. The molecule has 1 heterocycles. The van der Waals surface area contributed by atoms with E-state index < -0.39 is 23.8 Å². The van der Waals surface area contributed by atoms with Crippen LogP contribution >= 0.6 is 11.6 Å². The molecule has 1 aliphatic rings. The lowest BCUT2D eigenvalue weighted by Gasteiger charge is -2.26. The van der Waals surface area contributed by atoms with Crippen LogP contribution < -0.4 is 19.7 Å². The summed E-state index contributed by atoms with van der Waals surface area (Å²) in [5.41, 5.74) is 1.40. The first-order valence-electron chi connectivity index (χ1n) is 11.0. The Bertz CT molecular complexity index is 1400. The highest BCUT2D eigenvalue weighted by Crippen LogP contribution is 2.30. The van der Waals surface area contributed by atoms with E-state index in [-0.39, 0.29) is 23.4 Å². The second-order valence-corrected chi connectivity index (χ2v) is 8.25. The van der Waals surface area contributed by atoms with Crippen LogP contribution in [0.1, 0.15) is 21.5 Å². The Morgan fingerprint density at radius 2 is 1.68 bits per heavy atom. The lowest BCUT2D eigenvalue weighted by atomic mass is 10.1. The number of methoxy groups -OCH3 is 2. The van der Waals surface area contributed by atoms with Gasteiger partial charge in [0.2, 0.25) is 0 Å². The smallest absolute Gasteiger partial charge is 0.337 e. The summed E-state index contributed by atoms with van der Waals surface area (Å²) in [5, 5.41) is 2.77. The molecule has 1 aliphatic heterocycles. The van der Waals surface area contributed by atoms with Gasteiger partial charge in [-0.25, -0.2) is 14.5 Å². The molecule has 10 heteroatoms. The molecule has 0 aliphatic carbocycles. The first kappa shape index (κ1) is 25.5. The number of carbonyl (C=O) groups is 4. The van der Waals surface area contributed by atoms with Gasteiger partial charge in [-0.05, 0) is 60.2 Å². The number of anilines is 1. The normalized spacial score (nSPS) is 14.4. The van der Waals surface area contributed by atoms with E-state index in [4.69, 9.17) is 21.1 Å². The van der Waals surface area contributed by atoms with Gasteiger partial charge in [0, 0.05) is 16.7 Å². The summed E-state index contributed by atoms with van der Waals surface area (Å²) in [6.45, 7) is 0.192. The molecular formula is C27H21ClN2O7. The van der Waals surface area contributed by atoms with E-state index in [0.717, 1.165) is 10.5 Å². The Kier molecular flexibility index (Phi) is 7.55. The van der Waals surface area contributed by atoms with Crippen LogP contribution in [0.25, 0.3) is 6.08 Å². The molecule has 4 amide bonds. The molecule has 1 fully saturated rings. The maximum absolute atomic E-state index is 13.3. The van der Waals surface area contributed by atoms with Gasteiger partial charge >= 0.3 is 12.0 Å². The second-order valence-electron chi connectivity index (χ2n) is 7.82. The fourth-order valence-electron chi connectivity index (χ4n) is 3.54. The number of halogens is 1. The Morgan fingerprint density at radius 1 is 0.973 bits per heavy atom. The lowest BCUT2D eigenvalue weighted by molar-refractivity contribution is -0.122. The molecule has 0 spiro atoms. The zero-order valence-electron chi connectivity index (χ0n) is 19.8. The zero-order valence-corrected chi connectivity index (χ0v) is 20.6. The number of esters is 1. The quantitative estimate of drug-likeness (QED) is 0.279. The van der Waals surface area contributed by atoms with Crippen molar-refractivity contribution in [3.63, 3.8) is 0 Å². The average molecular weight is 521 g/mol. The summed E-state index contributed by atoms with van der Waals surface area (Å²) in [6.07, 6.45) is 1.34. The lowest BCUT2D eigenvalue weighted by Crippen LogP contribution is -2.54. The number of hydrogen-bond acceptors (Lipinski definition) is 7. The van der Waals surface area contributed by atoms with E-state index in [1.54, 1.807) is 30.3 Å². The highest BCUT2D eigenvalue weighted by Gasteiger charge is 2.37. The molecule has 0 unspecified atom stereocenters. The first-order chi connectivity index (χ1) is 17.8. The van der Waals surface area contributed by atoms with Crippen molar-refractivity contribution >= 4 is 47.2 Å². The minimum Gasteiger partial charge on any atom is -0.497 e. The van der Waals surface area contributed by atoms with Gasteiger partial charge in [-0.15, -0.1) is 0 Å². The number of amides is 4. The molecule has 0 saturated carbocycles. The molecule has 0 radical (unpaired) electrons. The monoisotopic (exact) mass is 520 g/mol. The molecular weight excluding hydrogens is 500 g/mol. The third kappa shape index (κ3) is 5.62. The summed E-state index contributed by atoms with van der Waals surface area (Å²) in [4.78, 5) is 51.0. The third-order valence-corrected chi connectivity index (χ3v) is 5.73. The van der Waals surface area contributed by atoms with E-state index in [0.29, 0.717) is 22.1 Å². The molecule has 1 saturated heterocycles. The highest BCUT2D eigenvalue weighted by molar-refractivity contribution is 6.39. The number of urea groups is 1. The largest absolute Gasteiger partial charge is 0.497 e. The molecule has 3 aromatic carbocycles. The number of imide groups is 2. The summed E-state index contributed by atoms with van der Waals surface area (Å²) < 4.78 is 15.9. The summed E-state index contributed by atoms with van der Waals surface area (Å²) >= 11 is 5.94. The molecule has 0 aromatic heterocycles. The van der Waals surface area contributed by atoms with Crippen molar-refractivity contribution in [2.75, 3.05) is 19.1 Å². The molecule has 1 N–H and O–H groups in total. The van der Waals surface area contributed by atoms with Crippen LogP contribution in [0.3, 0.4) is 0 Å². The van der Waals surface area contributed by atoms with Crippen molar-refractivity contribution in [1.29, 1.82) is 0 Å². The molecule has 0 atom stereocenters. The number of ether oxygens (including phenoxy) is 3. The van der Waals surface area contributed by atoms with E-state index in [9.17, 15) is 19.2 Å². The van der Waals surface area contributed by atoms with Gasteiger partial charge in [-0.3, -0.25) is 14.9 Å². The Labute approximate surface area is 217 Å². The average Bonchev–Trinajstić information content (AvgIpc) is 2.91. The van der Waals surface area contributed by atoms with Gasteiger partial charge in [-0.1, -0.05) is 23.7 Å². The third-order valence-electron chi connectivity index (χ3n) is 5.48. The fraction of sp³-hybridized carbons (Fsp3) is 0.111. The zero-order chi connectivity index (χ0) is 26.5. The van der Waals surface area contributed by atoms with Crippen LogP contribution in [0.15, 0.2) is 72.3 Å². The molecule has 9 nitrogen and oxygen atoms in total. The maximum atomic E-state index is 13.3. The van der Waals surface area contributed by atoms with Crippen LogP contribution in [0.2, 0.25) is 5.02 Å². The van der Waals surface area contributed by atoms with Crippen LogP contribution in [-0.4, -0.2) is 38.0 Å². The van der Waals surface area contributed by atoms with Crippen LogP contribution in [-0.2, 0) is 20.9 Å². The van der Waals surface area contributed by atoms with Gasteiger partial charge in [0.05, 0.1) is 25.5 Å². The summed E-state index contributed by atoms with van der Waals surface area (Å²) in [5.74, 6) is -1.39. The number of rotatable bonds is 7. The van der Waals surface area contributed by atoms with E-state index >= 15 is 0 Å². The number of barbiturate groups is 1. The highest BCUT2D eigenvalue weighted by atomic mass is 35.5. The molecule has 37 heavy (non-hydrogen) atoms. The van der Waals surface area contributed by atoms with Crippen LogP contribution in [0.4, 0.5) is 10.5 Å². The number of benzene rings is 3. The van der Waals surface area contributed by atoms with Crippen molar-refractivity contribution in [3.05, 3.63) is 94.0 Å². The van der Waals surface area contributed by atoms with Crippen LogP contribution in [0.5, 0.6) is 11.5 Å². The van der Waals surface area contributed by atoms with Crippen molar-refractivity contribution < 1.29 is 33.4 Å². The summed E-state index contributed by atoms with van der Waals surface area (Å²) in [6, 6.07) is 16.7. The molecule has 4 rings (SSSR count). The molecule has 0 bridgehead atoms. The summed E-state index contributed by atoms with van der Waals surface area (Å²) in [7, 11) is 2.75. The Morgan fingerprint density at radius 3 is 2.32 bits per heavy atom. The predicted molar refractivity (Wildman–Crippen MR) is 136 cm³/mol. The standard InChI is InChI=1S/C27H21ClN2O7/c1-35-21-12-7-18(23(14-21)37-15-16-3-8-19(28)9-4-16)13-22-24(31)29-27(34)30(25(22)32)20-10-5-17(6-11-20)26(33)36-2/h3-14H,15H2,1-2H3,(H,29,31,34)/b22-13+. The number of nitrogens with one attached hydrogen (secondary N) is 1. The van der Waals surface area contributed by atoms with E-state index in [1.165, 1.54) is 44.6 Å². The fourth-order valence-corrected chi connectivity index (χ4v) is 3.67. The number of hydrogen-bond donors (Lipinski definition) is 1. The van der Waals surface area contributed by atoms with E-state index in [2.05, 4.69) is 10.1 Å². The maximum Gasteiger partial charge on any atom is 0.337 e. The van der Waals surface area contributed by atoms with Gasteiger partial charge < -0.3 is 14.2 Å². The Hall–Kier alpha value is -4.63. The van der Waals surface area contributed by atoms with Crippen molar-refractivity contribution in [2.45, 2.75) is 6.61 Å². The van der Waals surface area contributed by atoms with Crippen molar-refractivity contribution in [1.82, 2.24) is 5.32 Å². The molecule has 188 valence electrons.